The fourth-order valence-corrected chi connectivity index (χ4v) is 6.62. The molecule has 47 heavy (non-hydrogen) atoms. The summed E-state index contributed by atoms with van der Waals surface area (Å²) in [4.78, 5) is 80.7. The Labute approximate surface area is 277 Å². The zero-order valence-corrected chi connectivity index (χ0v) is 28.3. The van der Waals surface area contributed by atoms with E-state index in [1.807, 2.05) is 65.0 Å². The largest absolute Gasteiger partial charge is 0.459 e. The molecule has 0 radical (unpaired) electrons. The Kier molecular flexibility index (Phi) is 11.3. The number of hydrogen-bond acceptors (Lipinski definition) is 7. The van der Waals surface area contributed by atoms with Crippen LogP contribution in [0, 0.1) is 23.2 Å². The maximum absolute atomic E-state index is 14.3. The predicted octanol–water partition coefficient (Wildman–Crippen LogP) is 2.97. The van der Waals surface area contributed by atoms with Crippen LogP contribution in [0.25, 0.3) is 0 Å². The standard InChI is InChI=1S/C35H51N5O7/c1-21(2)24-18-26(30(43)37-25(17-22-13-14-22)27(41)29(36)42)40(19-24)31(44)28(34(3,4)5)38-33(46)39-35(15-9-10-16-35)32(45)47-20-23-11-7-6-8-12-23/h6-8,11-12,21-22,24-26,28H,9-10,13-20H2,1-5H3,(H2,36,42)(H,37,43)(H2,38,39,46)/t24-,25?,26+,28-/m1/s1. The number of nitrogens with zero attached hydrogens (tertiary/aromatic N) is 1. The number of ketones is 1. The lowest BCUT2D eigenvalue weighted by Gasteiger charge is -2.37. The first-order valence-electron chi connectivity index (χ1n) is 16.9. The van der Waals surface area contributed by atoms with E-state index >= 15 is 0 Å². The molecule has 5 amide bonds. The van der Waals surface area contributed by atoms with Gasteiger partial charge in [-0.2, -0.15) is 0 Å². The van der Waals surface area contributed by atoms with Crippen molar-refractivity contribution < 1.29 is 33.5 Å². The number of ether oxygens (including phenoxy) is 1. The third-order valence-corrected chi connectivity index (χ3v) is 9.81. The summed E-state index contributed by atoms with van der Waals surface area (Å²) in [7, 11) is 0. The number of nitrogens with one attached hydrogen (secondary N) is 3. The van der Waals surface area contributed by atoms with Crippen LogP contribution in [0.1, 0.15) is 91.5 Å². The Hall–Kier alpha value is -3.96. The lowest BCUT2D eigenvalue weighted by atomic mass is 9.85. The van der Waals surface area contributed by atoms with E-state index in [4.69, 9.17) is 10.5 Å². The molecule has 1 aromatic rings. The molecule has 12 heteroatoms. The van der Waals surface area contributed by atoms with Crippen LogP contribution >= 0.6 is 0 Å². The molecule has 0 spiro atoms. The minimum atomic E-state index is -1.22. The van der Waals surface area contributed by atoms with Crippen LogP contribution in [0.2, 0.25) is 0 Å². The van der Waals surface area contributed by atoms with Gasteiger partial charge in [0.05, 0.1) is 6.04 Å². The number of hydrogen-bond donors (Lipinski definition) is 4. The number of urea groups is 1. The summed E-state index contributed by atoms with van der Waals surface area (Å²) in [5.74, 6) is -3.05. The Morgan fingerprint density at radius 3 is 2.19 bits per heavy atom. The Morgan fingerprint density at radius 1 is 1.00 bits per heavy atom. The van der Waals surface area contributed by atoms with Gasteiger partial charge in [-0.15, -0.1) is 0 Å². The van der Waals surface area contributed by atoms with Gasteiger partial charge in [-0.25, -0.2) is 9.59 Å². The van der Waals surface area contributed by atoms with Gasteiger partial charge in [-0.05, 0) is 54.4 Å². The SMILES string of the molecule is CC(C)[C@@H]1C[C@@H](C(=O)NC(CC2CC2)C(=O)C(N)=O)N(C(=O)[C@@H](NC(=O)NC2(C(=O)OCc3ccccc3)CCCC2)C(C)(C)C)C1. The van der Waals surface area contributed by atoms with Crippen molar-refractivity contribution in [3.8, 4) is 0 Å². The fourth-order valence-electron chi connectivity index (χ4n) is 6.62. The first-order valence-corrected chi connectivity index (χ1v) is 16.9. The number of likely N-dealkylation sites (tertiary alicyclic amines) is 1. The maximum atomic E-state index is 14.3. The molecule has 12 nitrogen and oxygen atoms in total. The van der Waals surface area contributed by atoms with E-state index in [2.05, 4.69) is 16.0 Å². The molecule has 1 heterocycles. The van der Waals surface area contributed by atoms with E-state index in [9.17, 15) is 28.8 Å². The summed E-state index contributed by atoms with van der Waals surface area (Å²) in [5.41, 5.74) is 4.13. The molecule has 258 valence electrons. The second kappa shape index (κ2) is 14.9. The summed E-state index contributed by atoms with van der Waals surface area (Å²) >= 11 is 0. The van der Waals surface area contributed by atoms with Crippen molar-refractivity contribution in [3.63, 3.8) is 0 Å². The summed E-state index contributed by atoms with van der Waals surface area (Å²) in [5, 5.41) is 8.41. The highest BCUT2D eigenvalue weighted by molar-refractivity contribution is 6.37. The van der Waals surface area contributed by atoms with Crippen molar-refractivity contribution in [2.24, 2.45) is 28.9 Å². The number of rotatable bonds is 13. The molecule has 2 aliphatic carbocycles. The lowest BCUT2D eigenvalue weighted by molar-refractivity contribution is -0.152. The minimum Gasteiger partial charge on any atom is -0.459 e. The van der Waals surface area contributed by atoms with Crippen molar-refractivity contribution in [1.29, 1.82) is 0 Å². The first-order chi connectivity index (χ1) is 22.1. The van der Waals surface area contributed by atoms with E-state index in [-0.39, 0.29) is 30.9 Å². The molecule has 3 fully saturated rings. The Bertz CT molecular complexity index is 1330. The molecule has 1 unspecified atom stereocenters. The van der Waals surface area contributed by atoms with Gasteiger partial charge in [0.25, 0.3) is 5.91 Å². The van der Waals surface area contributed by atoms with Crippen molar-refractivity contribution in [2.45, 2.75) is 116 Å². The molecule has 0 aromatic heterocycles. The van der Waals surface area contributed by atoms with Gasteiger partial charge < -0.3 is 31.3 Å². The van der Waals surface area contributed by atoms with E-state index in [1.54, 1.807) is 0 Å². The molecule has 4 atom stereocenters. The first kappa shape index (κ1) is 35.9. The number of esters is 1. The van der Waals surface area contributed by atoms with Crippen LogP contribution < -0.4 is 21.7 Å². The fraction of sp³-hybridized carbons (Fsp3) is 0.657. The van der Waals surface area contributed by atoms with Gasteiger partial charge >= 0.3 is 12.0 Å². The third kappa shape index (κ3) is 9.10. The molecule has 5 N–H and O–H groups in total. The molecule has 2 saturated carbocycles. The van der Waals surface area contributed by atoms with Crippen LogP contribution in [0.4, 0.5) is 4.79 Å². The predicted molar refractivity (Wildman–Crippen MR) is 174 cm³/mol. The van der Waals surface area contributed by atoms with Crippen molar-refractivity contribution in [2.75, 3.05) is 6.54 Å². The van der Waals surface area contributed by atoms with Crippen molar-refractivity contribution in [1.82, 2.24) is 20.9 Å². The smallest absolute Gasteiger partial charge is 0.332 e. The van der Waals surface area contributed by atoms with E-state index < -0.39 is 64.6 Å². The number of nitrogens with two attached hydrogens (primary N) is 1. The van der Waals surface area contributed by atoms with E-state index in [0.717, 1.165) is 31.2 Å². The summed E-state index contributed by atoms with van der Waals surface area (Å²) < 4.78 is 5.63. The molecule has 1 aliphatic heterocycles. The molecule has 1 saturated heterocycles. The quantitative estimate of drug-likeness (QED) is 0.187. The normalized spacial score (nSPS) is 21.9. The number of carbonyl (C=O) groups is 6. The van der Waals surface area contributed by atoms with Crippen LogP contribution in [0.5, 0.6) is 0 Å². The molecular formula is C35H51N5O7. The Morgan fingerprint density at radius 2 is 1.64 bits per heavy atom. The van der Waals surface area contributed by atoms with Crippen LogP contribution in [-0.2, 0) is 35.3 Å². The summed E-state index contributed by atoms with van der Waals surface area (Å²) in [6.45, 7) is 9.86. The average Bonchev–Trinajstić information content (AvgIpc) is 3.50. The van der Waals surface area contributed by atoms with Gasteiger partial charge in [0.1, 0.15) is 24.2 Å². The summed E-state index contributed by atoms with van der Waals surface area (Å²) in [6.07, 6.45) is 4.83. The maximum Gasteiger partial charge on any atom is 0.332 e. The third-order valence-electron chi connectivity index (χ3n) is 9.81. The van der Waals surface area contributed by atoms with Gasteiger partial charge in [-0.3, -0.25) is 19.2 Å². The number of Topliss-reactive ketones (excluding diaryl/α,β-unsaturated/α-hetero) is 1. The molecule has 0 bridgehead atoms. The van der Waals surface area contributed by atoms with Gasteiger partial charge in [0, 0.05) is 6.54 Å². The highest BCUT2D eigenvalue weighted by Gasteiger charge is 2.48. The van der Waals surface area contributed by atoms with E-state index in [1.165, 1.54) is 4.90 Å². The highest BCUT2D eigenvalue weighted by Crippen LogP contribution is 2.35. The highest BCUT2D eigenvalue weighted by atomic mass is 16.5. The molecular weight excluding hydrogens is 602 g/mol. The van der Waals surface area contributed by atoms with Crippen LogP contribution in [0.3, 0.4) is 0 Å². The van der Waals surface area contributed by atoms with Crippen LogP contribution in [0.15, 0.2) is 30.3 Å². The Balaban J connectivity index is 1.49. The zero-order chi connectivity index (χ0) is 34.5. The molecule has 4 rings (SSSR count). The zero-order valence-electron chi connectivity index (χ0n) is 28.3. The van der Waals surface area contributed by atoms with Gasteiger partial charge in [0.15, 0.2) is 0 Å². The van der Waals surface area contributed by atoms with Gasteiger partial charge in [0.2, 0.25) is 17.6 Å². The molecule has 1 aromatic carbocycles. The number of primary amides is 1. The van der Waals surface area contributed by atoms with Crippen molar-refractivity contribution >= 4 is 35.5 Å². The number of amides is 5. The van der Waals surface area contributed by atoms with Crippen LogP contribution in [-0.4, -0.2) is 70.6 Å². The lowest BCUT2D eigenvalue weighted by Crippen LogP contribution is -2.63. The monoisotopic (exact) mass is 653 g/mol. The second-order valence-corrected chi connectivity index (χ2v) is 15.0. The van der Waals surface area contributed by atoms with Gasteiger partial charge in [-0.1, -0.05) is 90.6 Å². The van der Waals surface area contributed by atoms with E-state index in [0.29, 0.717) is 25.7 Å². The second-order valence-electron chi connectivity index (χ2n) is 15.0. The van der Waals surface area contributed by atoms with Crippen molar-refractivity contribution in [3.05, 3.63) is 35.9 Å². The minimum absolute atomic E-state index is 0.000915. The summed E-state index contributed by atoms with van der Waals surface area (Å²) in [6, 6.07) is 5.63. The number of benzene rings is 1. The topological polar surface area (TPSA) is 177 Å². The average molecular weight is 654 g/mol. The molecule has 3 aliphatic rings. The number of carbonyl (C=O) groups excluding carboxylic acids is 6.